The van der Waals surface area contributed by atoms with Crippen molar-refractivity contribution in [3.05, 3.63) is 77.9 Å². The van der Waals surface area contributed by atoms with E-state index in [4.69, 9.17) is 14.2 Å². The molecule has 7 heteroatoms. The normalized spacial score (nSPS) is 10.2. The molecule has 0 atom stereocenters. The van der Waals surface area contributed by atoms with Crippen molar-refractivity contribution in [2.75, 3.05) is 31.5 Å². The van der Waals surface area contributed by atoms with Gasteiger partial charge in [-0.2, -0.15) is 0 Å². The topological polar surface area (TPSA) is 85.9 Å². The number of hydrogen-bond acceptors (Lipinski definition) is 5. The summed E-state index contributed by atoms with van der Waals surface area (Å²) >= 11 is 0. The number of carbonyl (C=O) groups excluding carboxylic acids is 2. The SMILES string of the molecule is CCOc1ccc(C(=O)Nc2cccc(OC)c2)cc1C(=O)Nc1cccc(OC)c1. The number of amides is 2. The Bertz CT molecular complexity index is 1080. The second-order valence-corrected chi connectivity index (χ2v) is 6.52. The van der Waals surface area contributed by atoms with Crippen LogP contribution in [0.4, 0.5) is 11.4 Å². The predicted molar refractivity (Wildman–Crippen MR) is 120 cm³/mol. The van der Waals surface area contributed by atoms with E-state index in [-0.39, 0.29) is 11.5 Å². The number of hydrogen-bond donors (Lipinski definition) is 2. The molecule has 3 aromatic rings. The van der Waals surface area contributed by atoms with Crippen LogP contribution in [0.15, 0.2) is 66.7 Å². The number of ether oxygens (including phenoxy) is 3. The molecular weight excluding hydrogens is 396 g/mol. The first-order valence-electron chi connectivity index (χ1n) is 9.71. The Hall–Kier alpha value is -4.00. The lowest BCUT2D eigenvalue weighted by Crippen LogP contribution is -2.17. The summed E-state index contributed by atoms with van der Waals surface area (Å²) in [5.74, 6) is 0.886. The second kappa shape index (κ2) is 10.2. The number of rotatable bonds is 8. The lowest BCUT2D eigenvalue weighted by Gasteiger charge is -2.13. The van der Waals surface area contributed by atoms with Gasteiger partial charge in [0.1, 0.15) is 17.2 Å². The van der Waals surface area contributed by atoms with Gasteiger partial charge in [0.2, 0.25) is 0 Å². The minimum Gasteiger partial charge on any atom is -0.497 e. The molecule has 0 bridgehead atoms. The van der Waals surface area contributed by atoms with E-state index in [1.54, 1.807) is 74.9 Å². The molecule has 0 aromatic heterocycles. The van der Waals surface area contributed by atoms with Crippen molar-refractivity contribution in [2.24, 2.45) is 0 Å². The largest absolute Gasteiger partial charge is 0.497 e. The number of nitrogens with one attached hydrogen (secondary N) is 2. The maximum atomic E-state index is 12.9. The highest BCUT2D eigenvalue weighted by Crippen LogP contribution is 2.24. The molecule has 0 spiro atoms. The number of carbonyl (C=O) groups is 2. The van der Waals surface area contributed by atoms with Gasteiger partial charge in [-0.25, -0.2) is 0 Å². The molecule has 0 aliphatic carbocycles. The molecule has 0 fully saturated rings. The van der Waals surface area contributed by atoms with Crippen LogP contribution in [0.5, 0.6) is 17.2 Å². The van der Waals surface area contributed by atoms with E-state index in [2.05, 4.69) is 10.6 Å². The molecule has 0 radical (unpaired) electrons. The van der Waals surface area contributed by atoms with E-state index in [1.807, 2.05) is 6.92 Å². The van der Waals surface area contributed by atoms with E-state index in [0.29, 0.717) is 40.8 Å². The van der Waals surface area contributed by atoms with Crippen LogP contribution in [-0.2, 0) is 0 Å². The summed E-state index contributed by atoms with van der Waals surface area (Å²) in [5.41, 5.74) is 1.73. The van der Waals surface area contributed by atoms with Crippen LogP contribution >= 0.6 is 0 Å². The molecule has 2 N–H and O–H groups in total. The highest BCUT2D eigenvalue weighted by molar-refractivity contribution is 6.10. The van der Waals surface area contributed by atoms with Crippen molar-refractivity contribution in [3.8, 4) is 17.2 Å². The summed E-state index contributed by atoms with van der Waals surface area (Å²) in [6.07, 6.45) is 0. The van der Waals surface area contributed by atoms with Crippen molar-refractivity contribution in [1.29, 1.82) is 0 Å². The van der Waals surface area contributed by atoms with Gasteiger partial charge in [0.15, 0.2) is 0 Å². The van der Waals surface area contributed by atoms with Gasteiger partial charge in [0.25, 0.3) is 11.8 Å². The third-order valence-electron chi connectivity index (χ3n) is 4.44. The molecule has 160 valence electrons. The molecule has 7 nitrogen and oxygen atoms in total. The standard InChI is InChI=1S/C24H24N2O5/c1-4-31-22-12-11-16(23(27)25-17-7-5-9-19(14-17)29-2)13-21(22)24(28)26-18-8-6-10-20(15-18)30-3/h5-15H,4H2,1-3H3,(H,25,27)(H,26,28). The zero-order chi connectivity index (χ0) is 22.2. The third-order valence-corrected chi connectivity index (χ3v) is 4.44. The smallest absolute Gasteiger partial charge is 0.259 e. The first-order chi connectivity index (χ1) is 15.0. The van der Waals surface area contributed by atoms with Crippen LogP contribution in [-0.4, -0.2) is 32.6 Å². The average molecular weight is 420 g/mol. The summed E-state index contributed by atoms with van der Waals surface area (Å²) in [7, 11) is 3.11. The van der Waals surface area contributed by atoms with E-state index >= 15 is 0 Å². The number of anilines is 2. The molecule has 0 saturated carbocycles. The lowest BCUT2D eigenvalue weighted by molar-refractivity contribution is 0.102. The average Bonchev–Trinajstić information content (AvgIpc) is 2.79. The monoisotopic (exact) mass is 420 g/mol. The lowest BCUT2D eigenvalue weighted by atomic mass is 10.1. The Kier molecular flexibility index (Phi) is 7.11. The molecule has 0 heterocycles. The summed E-state index contributed by atoms with van der Waals surface area (Å²) in [6, 6.07) is 18.8. The Balaban J connectivity index is 1.85. The molecule has 0 unspecified atom stereocenters. The first kappa shape index (κ1) is 21.7. The van der Waals surface area contributed by atoms with Gasteiger partial charge < -0.3 is 24.8 Å². The summed E-state index contributed by atoms with van der Waals surface area (Å²) < 4.78 is 16.0. The second-order valence-electron chi connectivity index (χ2n) is 6.52. The predicted octanol–water partition coefficient (Wildman–Crippen LogP) is 4.61. The summed E-state index contributed by atoms with van der Waals surface area (Å²) in [6.45, 7) is 2.21. The molecule has 0 saturated heterocycles. The molecular formula is C24H24N2O5. The fourth-order valence-electron chi connectivity index (χ4n) is 2.93. The van der Waals surface area contributed by atoms with Crippen molar-refractivity contribution in [1.82, 2.24) is 0 Å². The van der Waals surface area contributed by atoms with Crippen LogP contribution < -0.4 is 24.8 Å². The Morgan fingerprint density at radius 3 is 1.90 bits per heavy atom. The van der Waals surface area contributed by atoms with E-state index in [0.717, 1.165) is 0 Å². The third kappa shape index (κ3) is 5.54. The summed E-state index contributed by atoms with van der Waals surface area (Å²) in [5, 5.41) is 5.62. The van der Waals surface area contributed by atoms with Gasteiger partial charge in [0, 0.05) is 29.1 Å². The van der Waals surface area contributed by atoms with Gasteiger partial charge in [-0.15, -0.1) is 0 Å². The van der Waals surface area contributed by atoms with Gasteiger partial charge >= 0.3 is 0 Å². The maximum absolute atomic E-state index is 12.9. The molecule has 2 amide bonds. The van der Waals surface area contributed by atoms with E-state index in [1.165, 1.54) is 6.07 Å². The van der Waals surface area contributed by atoms with Crippen LogP contribution in [0.1, 0.15) is 27.6 Å². The van der Waals surface area contributed by atoms with Crippen molar-refractivity contribution < 1.29 is 23.8 Å². The van der Waals surface area contributed by atoms with Crippen LogP contribution in [0.2, 0.25) is 0 Å². The minimum atomic E-state index is -0.396. The summed E-state index contributed by atoms with van der Waals surface area (Å²) in [4.78, 5) is 25.7. The zero-order valence-electron chi connectivity index (χ0n) is 17.6. The van der Waals surface area contributed by atoms with Gasteiger partial charge in [-0.1, -0.05) is 12.1 Å². The molecule has 0 aliphatic rings. The fourth-order valence-corrected chi connectivity index (χ4v) is 2.93. The van der Waals surface area contributed by atoms with Crippen LogP contribution in [0, 0.1) is 0 Å². The minimum absolute atomic E-state index is 0.253. The number of methoxy groups -OCH3 is 2. The molecule has 3 rings (SSSR count). The molecule has 31 heavy (non-hydrogen) atoms. The van der Waals surface area contributed by atoms with Crippen molar-refractivity contribution in [2.45, 2.75) is 6.92 Å². The highest BCUT2D eigenvalue weighted by atomic mass is 16.5. The highest BCUT2D eigenvalue weighted by Gasteiger charge is 2.17. The maximum Gasteiger partial charge on any atom is 0.259 e. The first-order valence-corrected chi connectivity index (χ1v) is 9.71. The van der Waals surface area contributed by atoms with Gasteiger partial charge in [0.05, 0.1) is 26.4 Å². The van der Waals surface area contributed by atoms with Gasteiger partial charge in [-0.05, 0) is 49.4 Å². The quantitative estimate of drug-likeness (QED) is 0.556. The fraction of sp³-hybridized carbons (Fsp3) is 0.167. The zero-order valence-corrected chi connectivity index (χ0v) is 17.6. The molecule has 0 aliphatic heterocycles. The van der Waals surface area contributed by atoms with Gasteiger partial charge in [-0.3, -0.25) is 9.59 Å². The van der Waals surface area contributed by atoms with Crippen molar-refractivity contribution >= 4 is 23.2 Å². The van der Waals surface area contributed by atoms with E-state index < -0.39 is 5.91 Å². The Labute approximate surface area is 180 Å². The Morgan fingerprint density at radius 2 is 1.35 bits per heavy atom. The van der Waals surface area contributed by atoms with Crippen LogP contribution in [0.3, 0.4) is 0 Å². The van der Waals surface area contributed by atoms with Crippen molar-refractivity contribution in [3.63, 3.8) is 0 Å². The van der Waals surface area contributed by atoms with Crippen LogP contribution in [0.25, 0.3) is 0 Å². The molecule has 3 aromatic carbocycles. The number of benzene rings is 3. The van der Waals surface area contributed by atoms with E-state index in [9.17, 15) is 9.59 Å². The Morgan fingerprint density at radius 1 is 0.774 bits per heavy atom.